The lowest BCUT2D eigenvalue weighted by atomic mass is 10.2. The van der Waals surface area contributed by atoms with Gasteiger partial charge in [0.1, 0.15) is 0 Å². The van der Waals surface area contributed by atoms with E-state index in [1.807, 2.05) is 12.1 Å². The van der Waals surface area contributed by atoms with Crippen LogP contribution in [0.5, 0.6) is 0 Å². The first-order chi connectivity index (χ1) is 8.52. The zero-order chi connectivity index (χ0) is 13.5. The van der Waals surface area contributed by atoms with Crippen LogP contribution in [0.1, 0.15) is 5.56 Å². The Morgan fingerprint density at radius 1 is 1.33 bits per heavy atom. The summed E-state index contributed by atoms with van der Waals surface area (Å²) >= 11 is 0. The summed E-state index contributed by atoms with van der Waals surface area (Å²) in [4.78, 5) is 24.2. The van der Waals surface area contributed by atoms with Gasteiger partial charge in [-0.15, -0.1) is 0 Å². The predicted octanol–water partition coefficient (Wildman–Crippen LogP) is 0.355. The quantitative estimate of drug-likeness (QED) is 0.720. The maximum atomic E-state index is 11.5. The number of likely N-dealkylation sites (N-methyl/N-ethyl adjacent to an activating group) is 1. The standard InChI is InChI=1S/C12H18N4O2/c1-16(2)11(17)8-14-12(18)15-10-5-3-4-9(6-10)7-13/h3-6H,7-8,13H2,1-2H3,(H2,14,15,18). The molecule has 1 aromatic rings. The molecule has 0 aliphatic carbocycles. The van der Waals surface area contributed by atoms with Gasteiger partial charge in [-0.05, 0) is 17.7 Å². The Kier molecular flexibility index (Phi) is 5.13. The first kappa shape index (κ1) is 14.0. The summed E-state index contributed by atoms with van der Waals surface area (Å²) in [5, 5.41) is 5.11. The number of carbonyl (C=O) groups is 2. The fourth-order valence-corrected chi connectivity index (χ4v) is 1.27. The normalized spacial score (nSPS) is 9.72. The van der Waals surface area contributed by atoms with Crippen LogP contribution in [0, 0.1) is 0 Å². The summed E-state index contributed by atoms with van der Waals surface area (Å²) in [7, 11) is 3.26. The van der Waals surface area contributed by atoms with Crippen molar-refractivity contribution in [1.29, 1.82) is 0 Å². The van der Waals surface area contributed by atoms with Crippen LogP contribution < -0.4 is 16.4 Å². The van der Waals surface area contributed by atoms with Crippen molar-refractivity contribution in [1.82, 2.24) is 10.2 Å². The molecule has 0 spiro atoms. The minimum absolute atomic E-state index is 0.0323. The second-order valence-electron chi connectivity index (χ2n) is 4.00. The molecule has 0 aromatic heterocycles. The van der Waals surface area contributed by atoms with Crippen LogP contribution in [0.4, 0.5) is 10.5 Å². The summed E-state index contributed by atoms with van der Waals surface area (Å²) in [5.74, 6) is -0.166. The maximum absolute atomic E-state index is 11.5. The van der Waals surface area contributed by atoms with E-state index in [4.69, 9.17) is 5.73 Å². The van der Waals surface area contributed by atoms with Crippen LogP contribution in [0.2, 0.25) is 0 Å². The van der Waals surface area contributed by atoms with Crippen molar-refractivity contribution >= 4 is 17.6 Å². The van der Waals surface area contributed by atoms with E-state index in [-0.39, 0.29) is 12.5 Å². The van der Waals surface area contributed by atoms with Crippen molar-refractivity contribution in [3.05, 3.63) is 29.8 Å². The molecular weight excluding hydrogens is 232 g/mol. The monoisotopic (exact) mass is 250 g/mol. The van der Waals surface area contributed by atoms with E-state index in [9.17, 15) is 9.59 Å². The van der Waals surface area contributed by atoms with Gasteiger partial charge < -0.3 is 21.3 Å². The number of anilines is 1. The third-order valence-electron chi connectivity index (χ3n) is 2.32. The first-order valence-electron chi connectivity index (χ1n) is 5.57. The Balaban J connectivity index is 2.47. The van der Waals surface area contributed by atoms with Crippen molar-refractivity contribution in [3.8, 4) is 0 Å². The molecule has 0 saturated carbocycles. The van der Waals surface area contributed by atoms with Gasteiger partial charge in [-0.1, -0.05) is 12.1 Å². The Morgan fingerprint density at radius 3 is 2.67 bits per heavy atom. The van der Waals surface area contributed by atoms with Gasteiger partial charge in [-0.25, -0.2) is 4.79 Å². The Hall–Kier alpha value is -2.08. The molecule has 0 fully saturated rings. The maximum Gasteiger partial charge on any atom is 0.319 e. The van der Waals surface area contributed by atoms with E-state index in [0.29, 0.717) is 12.2 Å². The lowest BCUT2D eigenvalue weighted by Crippen LogP contribution is -2.38. The minimum Gasteiger partial charge on any atom is -0.347 e. The van der Waals surface area contributed by atoms with E-state index in [1.54, 1.807) is 26.2 Å². The van der Waals surface area contributed by atoms with Crippen molar-refractivity contribution in [2.75, 3.05) is 26.0 Å². The number of rotatable bonds is 4. The Labute approximate surface area is 106 Å². The van der Waals surface area contributed by atoms with Crippen LogP contribution in [0.25, 0.3) is 0 Å². The van der Waals surface area contributed by atoms with Gasteiger partial charge in [0.05, 0.1) is 6.54 Å². The lowest BCUT2D eigenvalue weighted by molar-refractivity contribution is -0.127. The van der Waals surface area contributed by atoms with Gasteiger partial charge in [0.2, 0.25) is 5.91 Å². The van der Waals surface area contributed by atoms with Crippen LogP contribution in [0.15, 0.2) is 24.3 Å². The fourth-order valence-electron chi connectivity index (χ4n) is 1.27. The average Bonchev–Trinajstić information content (AvgIpc) is 2.36. The van der Waals surface area contributed by atoms with Gasteiger partial charge in [-0.3, -0.25) is 4.79 Å². The lowest BCUT2D eigenvalue weighted by Gasteiger charge is -2.12. The van der Waals surface area contributed by atoms with Crippen molar-refractivity contribution in [2.24, 2.45) is 5.73 Å². The molecule has 0 saturated heterocycles. The Morgan fingerprint density at radius 2 is 2.06 bits per heavy atom. The molecule has 0 heterocycles. The molecule has 6 nitrogen and oxygen atoms in total. The molecular formula is C12H18N4O2. The summed E-state index contributed by atoms with van der Waals surface area (Å²) in [6.45, 7) is 0.381. The zero-order valence-corrected chi connectivity index (χ0v) is 10.6. The molecule has 0 radical (unpaired) electrons. The van der Waals surface area contributed by atoms with Crippen LogP contribution >= 0.6 is 0 Å². The van der Waals surface area contributed by atoms with Gasteiger partial charge in [0, 0.05) is 26.3 Å². The molecule has 6 heteroatoms. The van der Waals surface area contributed by atoms with E-state index in [2.05, 4.69) is 10.6 Å². The number of hydrogen-bond donors (Lipinski definition) is 3. The highest BCUT2D eigenvalue weighted by atomic mass is 16.2. The molecule has 4 N–H and O–H groups in total. The number of amides is 3. The summed E-state index contributed by atoms with van der Waals surface area (Å²) in [6.07, 6.45) is 0. The second-order valence-corrected chi connectivity index (χ2v) is 4.00. The third-order valence-corrected chi connectivity index (χ3v) is 2.32. The first-order valence-corrected chi connectivity index (χ1v) is 5.57. The van der Waals surface area contributed by atoms with Crippen LogP contribution in [-0.4, -0.2) is 37.5 Å². The Bertz CT molecular complexity index is 432. The topological polar surface area (TPSA) is 87.5 Å². The number of nitrogens with one attached hydrogen (secondary N) is 2. The van der Waals surface area contributed by atoms with Gasteiger partial charge >= 0.3 is 6.03 Å². The van der Waals surface area contributed by atoms with Crippen LogP contribution in [-0.2, 0) is 11.3 Å². The number of nitrogens with two attached hydrogens (primary N) is 1. The molecule has 0 aliphatic heterocycles. The number of nitrogens with zero attached hydrogens (tertiary/aromatic N) is 1. The van der Waals surface area contributed by atoms with Gasteiger partial charge in [0.15, 0.2) is 0 Å². The van der Waals surface area contributed by atoms with Gasteiger partial charge in [-0.2, -0.15) is 0 Å². The van der Waals surface area contributed by atoms with Gasteiger partial charge in [0.25, 0.3) is 0 Å². The molecule has 3 amide bonds. The molecule has 0 bridgehead atoms. The number of carbonyl (C=O) groups excluding carboxylic acids is 2. The SMILES string of the molecule is CN(C)C(=O)CNC(=O)Nc1cccc(CN)c1. The molecule has 98 valence electrons. The minimum atomic E-state index is -0.417. The molecule has 18 heavy (non-hydrogen) atoms. The van der Waals surface area contributed by atoms with Crippen molar-refractivity contribution < 1.29 is 9.59 Å². The molecule has 0 aliphatic rings. The summed E-state index contributed by atoms with van der Waals surface area (Å²) in [6, 6.07) is 6.81. The molecule has 0 atom stereocenters. The highest BCUT2D eigenvalue weighted by Gasteiger charge is 2.07. The summed E-state index contributed by atoms with van der Waals surface area (Å²) < 4.78 is 0. The van der Waals surface area contributed by atoms with E-state index < -0.39 is 6.03 Å². The highest BCUT2D eigenvalue weighted by molar-refractivity contribution is 5.92. The van der Waals surface area contributed by atoms with Crippen molar-refractivity contribution in [2.45, 2.75) is 6.54 Å². The second kappa shape index (κ2) is 6.61. The van der Waals surface area contributed by atoms with E-state index >= 15 is 0 Å². The zero-order valence-electron chi connectivity index (χ0n) is 10.6. The third kappa shape index (κ3) is 4.42. The molecule has 1 aromatic carbocycles. The van der Waals surface area contributed by atoms with E-state index in [0.717, 1.165) is 5.56 Å². The van der Waals surface area contributed by atoms with Crippen LogP contribution in [0.3, 0.4) is 0 Å². The fraction of sp³-hybridized carbons (Fsp3) is 0.333. The predicted molar refractivity (Wildman–Crippen MR) is 70.0 cm³/mol. The smallest absolute Gasteiger partial charge is 0.319 e. The summed E-state index contributed by atoms with van der Waals surface area (Å²) in [5.41, 5.74) is 7.08. The average molecular weight is 250 g/mol. The number of urea groups is 1. The van der Waals surface area contributed by atoms with Crippen molar-refractivity contribution in [3.63, 3.8) is 0 Å². The number of hydrogen-bond acceptors (Lipinski definition) is 3. The largest absolute Gasteiger partial charge is 0.347 e. The molecule has 0 unspecified atom stereocenters. The van der Waals surface area contributed by atoms with E-state index in [1.165, 1.54) is 4.90 Å². The number of benzene rings is 1. The molecule has 1 rings (SSSR count). The highest BCUT2D eigenvalue weighted by Crippen LogP contribution is 2.09.